The van der Waals surface area contributed by atoms with Crippen LogP contribution in [0.1, 0.15) is 0 Å². The Morgan fingerprint density at radius 1 is 0.769 bits per heavy atom. The van der Waals surface area contributed by atoms with Crippen molar-refractivity contribution in [1.29, 1.82) is 0 Å². The fourth-order valence-electron chi connectivity index (χ4n) is 4.61. The number of nitrogens with zero attached hydrogens (tertiary/aromatic N) is 4. The Labute approximate surface area is 227 Å². The zero-order valence-corrected chi connectivity index (χ0v) is 21.6. The smallest absolute Gasteiger partial charge is 0.161 e. The van der Waals surface area contributed by atoms with E-state index in [-0.39, 0.29) is 0 Å². The number of benzene rings is 3. The van der Waals surface area contributed by atoms with Gasteiger partial charge in [0.05, 0.1) is 18.8 Å². The molecule has 0 spiro atoms. The van der Waals surface area contributed by atoms with Crippen molar-refractivity contribution < 1.29 is 9.47 Å². The molecule has 1 N–H and O–H groups in total. The molecule has 0 unspecified atom stereocenters. The number of nitrogens with one attached hydrogen (secondary N) is 1. The predicted molar refractivity (Wildman–Crippen MR) is 156 cm³/mol. The van der Waals surface area contributed by atoms with Crippen molar-refractivity contribution in [3.8, 4) is 28.5 Å². The fraction of sp³-hybridized carbons (Fsp3) is 0.0323. The summed E-state index contributed by atoms with van der Waals surface area (Å²) in [7, 11) is 1.60. The number of fused-ring (bicyclic) bond motifs is 3. The molecule has 8 heteroatoms. The first-order valence-corrected chi connectivity index (χ1v) is 13.2. The van der Waals surface area contributed by atoms with Crippen LogP contribution in [-0.4, -0.2) is 27.3 Å². The second kappa shape index (κ2) is 9.66. The summed E-state index contributed by atoms with van der Waals surface area (Å²) in [6.07, 6.45) is 3.35. The van der Waals surface area contributed by atoms with Crippen LogP contribution in [0.5, 0.6) is 17.2 Å². The zero-order chi connectivity index (χ0) is 26.2. The molecule has 0 saturated heterocycles. The van der Waals surface area contributed by atoms with E-state index >= 15 is 0 Å². The highest BCUT2D eigenvalue weighted by Crippen LogP contribution is 2.38. The van der Waals surface area contributed by atoms with E-state index in [4.69, 9.17) is 9.47 Å². The van der Waals surface area contributed by atoms with Gasteiger partial charge in [-0.2, -0.15) is 0 Å². The van der Waals surface area contributed by atoms with Crippen LogP contribution >= 0.6 is 11.3 Å². The molecule has 0 aliphatic carbocycles. The molecular weight excluding hydrogens is 506 g/mol. The molecule has 0 radical (unpaired) electrons. The van der Waals surface area contributed by atoms with Gasteiger partial charge in [0.15, 0.2) is 11.6 Å². The van der Waals surface area contributed by atoms with E-state index < -0.39 is 0 Å². The molecule has 0 amide bonds. The van der Waals surface area contributed by atoms with E-state index in [1.807, 2.05) is 42.5 Å². The predicted octanol–water partition coefficient (Wildman–Crippen LogP) is 8.00. The fourth-order valence-corrected chi connectivity index (χ4v) is 5.55. The van der Waals surface area contributed by atoms with Crippen LogP contribution in [0.2, 0.25) is 0 Å². The second-order valence-electron chi connectivity index (χ2n) is 8.89. The van der Waals surface area contributed by atoms with E-state index in [0.29, 0.717) is 34.1 Å². The highest BCUT2D eigenvalue weighted by atomic mass is 32.1. The molecule has 0 saturated carbocycles. The molecular formula is C31H21N5O2S. The molecule has 0 atom stereocenters. The van der Waals surface area contributed by atoms with Crippen LogP contribution in [0.3, 0.4) is 0 Å². The zero-order valence-electron chi connectivity index (χ0n) is 20.8. The van der Waals surface area contributed by atoms with Gasteiger partial charge in [0.1, 0.15) is 22.7 Å². The number of rotatable bonds is 6. The average Bonchev–Trinajstić information content (AvgIpc) is 3.42. The molecule has 0 aliphatic rings. The normalized spacial score (nSPS) is 11.2. The Morgan fingerprint density at radius 2 is 1.56 bits per heavy atom. The van der Waals surface area contributed by atoms with E-state index in [2.05, 4.69) is 67.3 Å². The maximum atomic E-state index is 6.13. The van der Waals surface area contributed by atoms with Gasteiger partial charge in [-0.05, 0) is 30.3 Å². The Balaban J connectivity index is 1.17. The highest BCUT2D eigenvalue weighted by Gasteiger charge is 2.15. The van der Waals surface area contributed by atoms with Crippen molar-refractivity contribution in [2.24, 2.45) is 0 Å². The van der Waals surface area contributed by atoms with Crippen LogP contribution in [0.15, 0.2) is 103 Å². The number of methoxy groups -OCH3 is 1. The number of aromatic nitrogens is 4. The lowest BCUT2D eigenvalue weighted by Gasteiger charge is -2.12. The van der Waals surface area contributed by atoms with Crippen molar-refractivity contribution in [1.82, 2.24) is 20.2 Å². The first-order valence-electron chi connectivity index (χ1n) is 12.3. The Morgan fingerprint density at radius 3 is 2.41 bits per heavy atom. The van der Waals surface area contributed by atoms with Gasteiger partial charge in [0.25, 0.3) is 0 Å². The van der Waals surface area contributed by atoms with Gasteiger partial charge in [-0.25, -0.2) is 4.98 Å². The molecule has 0 aliphatic heterocycles. The van der Waals surface area contributed by atoms with E-state index in [1.54, 1.807) is 36.9 Å². The van der Waals surface area contributed by atoms with Crippen molar-refractivity contribution >= 4 is 54.7 Å². The van der Waals surface area contributed by atoms with Crippen molar-refractivity contribution in [3.05, 3.63) is 103 Å². The molecule has 0 fully saturated rings. The summed E-state index contributed by atoms with van der Waals surface area (Å²) in [5, 5.41) is 18.1. The number of ether oxygens (including phenoxy) is 2. The van der Waals surface area contributed by atoms with Gasteiger partial charge in [0.2, 0.25) is 0 Å². The number of anilines is 2. The summed E-state index contributed by atoms with van der Waals surface area (Å²) in [6, 6.07) is 27.9. The molecule has 188 valence electrons. The van der Waals surface area contributed by atoms with Crippen LogP contribution in [-0.2, 0) is 0 Å². The number of hydrogen-bond donors (Lipinski definition) is 1. The van der Waals surface area contributed by atoms with Crippen molar-refractivity contribution in [2.75, 3.05) is 12.4 Å². The van der Waals surface area contributed by atoms with Crippen LogP contribution in [0, 0.1) is 0 Å². The van der Waals surface area contributed by atoms with Crippen LogP contribution < -0.4 is 14.8 Å². The molecule has 4 heterocycles. The Bertz CT molecular complexity index is 1970. The van der Waals surface area contributed by atoms with Crippen LogP contribution in [0.25, 0.3) is 43.1 Å². The first kappa shape index (κ1) is 23.1. The van der Waals surface area contributed by atoms with Gasteiger partial charge in [0, 0.05) is 55.8 Å². The monoisotopic (exact) mass is 527 g/mol. The van der Waals surface area contributed by atoms with Gasteiger partial charge in [-0.3, -0.25) is 4.98 Å². The number of thiophene rings is 1. The molecule has 39 heavy (non-hydrogen) atoms. The molecule has 4 aromatic heterocycles. The first-order chi connectivity index (χ1) is 19.3. The summed E-state index contributed by atoms with van der Waals surface area (Å²) in [5.41, 5.74) is 4.23. The van der Waals surface area contributed by atoms with E-state index in [9.17, 15) is 0 Å². The Hall–Kier alpha value is -5.08. The largest absolute Gasteiger partial charge is 0.495 e. The quantitative estimate of drug-likeness (QED) is 0.235. The van der Waals surface area contributed by atoms with Gasteiger partial charge in [-0.1, -0.05) is 42.5 Å². The van der Waals surface area contributed by atoms with E-state index in [0.717, 1.165) is 27.7 Å². The van der Waals surface area contributed by atoms with Gasteiger partial charge < -0.3 is 14.8 Å². The summed E-state index contributed by atoms with van der Waals surface area (Å²) < 4.78 is 12.6. The summed E-state index contributed by atoms with van der Waals surface area (Å²) in [6.45, 7) is 0. The molecule has 7 rings (SSSR count). The third-order valence-electron chi connectivity index (χ3n) is 6.52. The maximum Gasteiger partial charge on any atom is 0.161 e. The molecule has 0 bridgehead atoms. The molecule has 7 nitrogen and oxygen atoms in total. The minimum Gasteiger partial charge on any atom is -0.495 e. The topological polar surface area (TPSA) is 82.0 Å². The van der Waals surface area contributed by atoms with Crippen molar-refractivity contribution in [2.45, 2.75) is 0 Å². The SMILES string of the molecule is COc1cnc2c(Oc3ccc(Nc4nnc(-c5csc6ccccc56)c5ccccc45)cc3)ccnc2c1. The number of hydrogen-bond acceptors (Lipinski definition) is 8. The molecule has 3 aromatic carbocycles. The van der Waals surface area contributed by atoms with Crippen molar-refractivity contribution in [3.63, 3.8) is 0 Å². The second-order valence-corrected chi connectivity index (χ2v) is 9.80. The Kier molecular flexibility index (Phi) is 5.71. The minimum atomic E-state index is 0.622. The van der Waals surface area contributed by atoms with Crippen LogP contribution in [0.4, 0.5) is 11.5 Å². The lowest BCUT2D eigenvalue weighted by molar-refractivity contribution is 0.413. The average molecular weight is 528 g/mol. The third-order valence-corrected chi connectivity index (χ3v) is 7.48. The summed E-state index contributed by atoms with van der Waals surface area (Å²) in [5.74, 6) is 2.65. The highest BCUT2D eigenvalue weighted by molar-refractivity contribution is 7.17. The molecule has 7 aromatic rings. The van der Waals surface area contributed by atoms with E-state index in [1.165, 1.54) is 10.1 Å². The standard InChI is InChI=1S/C31H21N5O2S/c1-37-21-16-26-30(33-17-21)27(14-15-32-26)38-20-12-10-19(11-13-20)34-31-24-8-3-2-7-23(24)29(35-36-31)25-18-39-28-9-5-4-6-22(25)28/h2-18H,1H3,(H,34,36). The number of pyridine rings is 2. The minimum absolute atomic E-state index is 0.622. The third kappa shape index (κ3) is 4.26. The maximum absolute atomic E-state index is 6.13. The lowest BCUT2D eigenvalue weighted by atomic mass is 10.0. The van der Waals surface area contributed by atoms with Gasteiger partial charge >= 0.3 is 0 Å². The summed E-state index contributed by atoms with van der Waals surface area (Å²) >= 11 is 1.72. The summed E-state index contributed by atoms with van der Waals surface area (Å²) in [4.78, 5) is 8.82. The van der Waals surface area contributed by atoms with Gasteiger partial charge in [-0.15, -0.1) is 21.5 Å². The lowest BCUT2D eigenvalue weighted by Crippen LogP contribution is -1.99.